The number of hydrogen-bond acceptors (Lipinski definition) is 2. The first-order valence-corrected chi connectivity index (χ1v) is 10.1. The maximum absolute atomic E-state index is 13.3. The molecule has 0 radical (unpaired) electrons. The van der Waals surface area contributed by atoms with Gasteiger partial charge in [0.2, 0.25) is 0 Å². The van der Waals surface area contributed by atoms with Crippen LogP contribution in [-0.2, 0) is 12.8 Å². The Kier molecular flexibility index (Phi) is 4.84. The van der Waals surface area contributed by atoms with Gasteiger partial charge in [-0.1, -0.05) is 42.8 Å². The number of halogens is 1. The van der Waals surface area contributed by atoms with E-state index < -0.39 is 0 Å². The van der Waals surface area contributed by atoms with Crippen molar-refractivity contribution in [3.63, 3.8) is 0 Å². The van der Waals surface area contributed by atoms with Gasteiger partial charge in [-0.2, -0.15) is 0 Å². The molecule has 0 saturated carbocycles. The predicted octanol–water partition coefficient (Wildman–Crippen LogP) is 5.75. The fraction of sp³-hybridized carbons (Fsp3) is 0.227. The number of rotatable bonds is 3. The summed E-state index contributed by atoms with van der Waals surface area (Å²) in [5.74, 6) is 0.0875. The van der Waals surface area contributed by atoms with E-state index >= 15 is 0 Å². The molecule has 4 heteroatoms. The van der Waals surface area contributed by atoms with Crippen LogP contribution in [0, 0.1) is 0 Å². The van der Waals surface area contributed by atoms with Gasteiger partial charge >= 0.3 is 0 Å². The molecule has 132 valence electrons. The van der Waals surface area contributed by atoms with Crippen molar-refractivity contribution in [1.29, 1.82) is 0 Å². The van der Waals surface area contributed by atoms with Crippen LogP contribution in [0.25, 0.3) is 0 Å². The van der Waals surface area contributed by atoms with E-state index in [9.17, 15) is 4.79 Å². The van der Waals surface area contributed by atoms with Crippen LogP contribution in [0.5, 0.6) is 0 Å². The number of fused-ring (bicyclic) bond motifs is 1. The average Bonchev–Trinajstić information content (AvgIpc) is 3.16. The number of hydrogen-bond donors (Lipinski definition) is 0. The summed E-state index contributed by atoms with van der Waals surface area (Å²) >= 11 is 7.85. The van der Waals surface area contributed by atoms with Gasteiger partial charge in [0.05, 0.1) is 6.04 Å². The lowest BCUT2D eigenvalue weighted by Crippen LogP contribution is -2.40. The third-order valence-corrected chi connectivity index (χ3v) is 6.27. The number of amides is 1. The molecule has 1 atom stereocenters. The van der Waals surface area contributed by atoms with Crippen LogP contribution in [0.2, 0.25) is 5.02 Å². The van der Waals surface area contributed by atoms with Crippen LogP contribution in [0.4, 0.5) is 0 Å². The number of benzene rings is 2. The standard InChI is InChI=1S/C22H20ClNOS/c1-2-15-3-5-17(6-4-15)22(25)24-13-11-20-19(12-14-26-20)21(24)16-7-9-18(23)10-8-16/h3-10,12,14,21H,2,11,13H2,1H3. The monoisotopic (exact) mass is 381 g/mol. The van der Waals surface area contributed by atoms with Crippen molar-refractivity contribution >= 4 is 28.8 Å². The summed E-state index contributed by atoms with van der Waals surface area (Å²) in [6.45, 7) is 2.85. The van der Waals surface area contributed by atoms with Crippen molar-refractivity contribution in [3.8, 4) is 0 Å². The highest BCUT2D eigenvalue weighted by atomic mass is 35.5. The number of aryl methyl sites for hydroxylation is 1. The zero-order valence-electron chi connectivity index (χ0n) is 14.6. The molecule has 3 aromatic rings. The molecule has 0 N–H and O–H groups in total. The molecule has 1 amide bonds. The molecule has 0 spiro atoms. The highest BCUT2D eigenvalue weighted by Crippen LogP contribution is 2.38. The summed E-state index contributed by atoms with van der Waals surface area (Å²) in [6.07, 6.45) is 1.89. The minimum atomic E-state index is -0.0550. The largest absolute Gasteiger partial charge is 0.327 e. The SMILES string of the molecule is CCc1ccc(C(=O)N2CCc3sccc3C2c2ccc(Cl)cc2)cc1. The second kappa shape index (κ2) is 7.26. The van der Waals surface area contributed by atoms with E-state index in [2.05, 4.69) is 18.4 Å². The average molecular weight is 382 g/mol. The topological polar surface area (TPSA) is 20.3 Å². The smallest absolute Gasteiger partial charge is 0.254 e. The van der Waals surface area contributed by atoms with E-state index in [1.807, 2.05) is 53.4 Å². The van der Waals surface area contributed by atoms with Crippen LogP contribution >= 0.6 is 22.9 Å². The highest BCUT2D eigenvalue weighted by molar-refractivity contribution is 7.10. The van der Waals surface area contributed by atoms with E-state index in [1.54, 1.807) is 11.3 Å². The number of nitrogens with zero attached hydrogens (tertiary/aromatic N) is 1. The fourth-order valence-electron chi connectivity index (χ4n) is 3.59. The Hall–Kier alpha value is -2.10. The van der Waals surface area contributed by atoms with Crippen LogP contribution in [0.15, 0.2) is 60.0 Å². The summed E-state index contributed by atoms with van der Waals surface area (Å²) in [5, 5.41) is 2.83. The van der Waals surface area contributed by atoms with Crippen molar-refractivity contribution in [3.05, 3.63) is 92.1 Å². The molecule has 4 rings (SSSR count). The van der Waals surface area contributed by atoms with Gasteiger partial charge in [0, 0.05) is 22.0 Å². The van der Waals surface area contributed by atoms with Crippen LogP contribution in [0.1, 0.15) is 44.9 Å². The minimum absolute atomic E-state index is 0.0550. The van der Waals surface area contributed by atoms with E-state index in [0.29, 0.717) is 5.02 Å². The van der Waals surface area contributed by atoms with Gasteiger partial charge in [0.15, 0.2) is 0 Å². The molecule has 0 aliphatic carbocycles. The van der Waals surface area contributed by atoms with Gasteiger partial charge in [-0.25, -0.2) is 0 Å². The van der Waals surface area contributed by atoms with Crippen LogP contribution in [0.3, 0.4) is 0 Å². The lowest BCUT2D eigenvalue weighted by Gasteiger charge is -2.36. The summed E-state index contributed by atoms with van der Waals surface area (Å²) < 4.78 is 0. The Balaban J connectivity index is 1.73. The molecule has 1 aromatic heterocycles. The summed E-state index contributed by atoms with van der Waals surface area (Å²) in [4.78, 5) is 16.7. The highest BCUT2D eigenvalue weighted by Gasteiger charge is 2.33. The van der Waals surface area contributed by atoms with Crippen LogP contribution in [-0.4, -0.2) is 17.4 Å². The van der Waals surface area contributed by atoms with Gasteiger partial charge in [-0.3, -0.25) is 4.79 Å². The van der Waals surface area contributed by atoms with Crippen molar-refractivity contribution in [2.75, 3.05) is 6.54 Å². The Bertz CT molecular complexity index is 914. The Morgan fingerprint density at radius 1 is 1.12 bits per heavy atom. The first kappa shape index (κ1) is 17.3. The van der Waals surface area contributed by atoms with Gasteiger partial charge < -0.3 is 4.90 Å². The van der Waals surface area contributed by atoms with Crippen molar-refractivity contribution < 1.29 is 4.79 Å². The zero-order valence-corrected chi connectivity index (χ0v) is 16.2. The molecule has 1 aliphatic rings. The Labute approximate surface area is 163 Å². The van der Waals surface area contributed by atoms with E-state index in [4.69, 9.17) is 11.6 Å². The molecule has 2 nitrogen and oxygen atoms in total. The molecule has 0 saturated heterocycles. The van der Waals surface area contributed by atoms with Gasteiger partial charge in [-0.05, 0) is 65.2 Å². The molecule has 0 fully saturated rings. The third-order valence-electron chi connectivity index (χ3n) is 5.02. The van der Waals surface area contributed by atoms with Gasteiger partial charge in [-0.15, -0.1) is 11.3 Å². The Morgan fingerprint density at radius 3 is 2.54 bits per heavy atom. The molecule has 1 aliphatic heterocycles. The lowest BCUT2D eigenvalue weighted by molar-refractivity contribution is 0.0696. The number of carbonyl (C=O) groups excluding carboxylic acids is 1. The van der Waals surface area contributed by atoms with Crippen molar-refractivity contribution in [2.45, 2.75) is 25.8 Å². The van der Waals surface area contributed by atoms with E-state index in [1.165, 1.54) is 16.0 Å². The summed E-state index contributed by atoms with van der Waals surface area (Å²) in [6, 6.07) is 17.9. The van der Waals surface area contributed by atoms with Crippen molar-refractivity contribution in [1.82, 2.24) is 4.90 Å². The van der Waals surface area contributed by atoms with Gasteiger partial charge in [0.1, 0.15) is 0 Å². The van der Waals surface area contributed by atoms with E-state index in [-0.39, 0.29) is 11.9 Å². The first-order chi connectivity index (χ1) is 12.7. The Morgan fingerprint density at radius 2 is 1.85 bits per heavy atom. The normalized spacial score (nSPS) is 16.4. The number of carbonyl (C=O) groups is 1. The molecular weight excluding hydrogens is 362 g/mol. The molecular formula is C22H20ClNOS. The molecule has 2 heterocycles. The molecule has 26 heavy (non-hydrogen) atoms. The molecule has 0 bridgehead atoms. The first-order valence-electron chi connectivity index (χ1n) is 8.89. The summed E-state index contributed by atoms with van der Waals surface area (Å²) in [7, 11) is 0. The number of thiophene rings is 1. The quantitative estimate of drug-likeness (QED) is 0.565. The van der Waals surface area contributed by atoms with E-state index in [0.717, 1.165) is 30.5 Å². The zero-order chi connectivity index (χ0) is 18.1. The summed E-state index contributed by atoms with van der Waals surface area (Å²) in [5.41, 5.74) is 4.34. The lowest BCUT2D eigenvalue weighted by atomic mass is 9.92. The predicted molar refractivity (Wildman–Crippen MR) is 108 cm³/mol. The molecule has 2 aromatic carbocycles. The minimum Gasteiger partial charge on any atom is -0.327 e. The second-order valence-electron chi connectivity index (χ2n) is 6.55. The van der Waals surface area contributed by atoms with Crippen LogP contribution < -0.4 is 0 Å². The maximum Gasteiger partial charge on any atom is 0.254 e. The maximum atomic E-state index is 13.3. The van der Waals surface area contributed by atoms with Crippen molar-refractivity contribution in [2.24, 2.45) is 0 Å². The van der Waals surface area contributed by atoms with Gasteiger partial charge in [0.25, 0.3) is 5.91 Å². The second-order valence-corrected chi connectivity index (χ2v) is 7.99. The third kappa shape index (κ3) is 3.17. The molecule has 1 unspecified atom stereocenters. The fourth-order valence-corrected chi connectivity index (χ4v) is 4.62.